The Morgan fingerprint density at radius 3 is 2.14 bits per heavy atom. The minimum Gasteiger partial charge on any atom is -0.330 e. The highest BCUT2D eigenvalue weighted by Gasteiger charge is 2.30. The van der Waals surface area contributed by atoms with E-state index in [4.69, 9.17) is 5.73 Å². The van der Waals surface area contributed by atoms with Crippen molar-refractivity contribution in [1.82, 2.24) is 0 Å². The summed E-state index contributed by atoms with van der Waals surface area (Å²) in [5.74, 6) is 0.114. The number of hydrogen-bond donors (Lipinski definition) is 1. The molecule has 1 nitrogen and oxygen atoms in total. The average Bonchev–Trinajstić information content (AvgIpc) is 2.45. The van der Waals surface area contributed by atoms with Gasteiger partial charge in [0.1, 0.15) is 0 Å². The summed E-state index contributed by atoms with van der Waals surface area (Å²) in [5, 5.41) is 0. The maximum absolute atomic E-state index is 12.5. The quantitative estimate of drug-likeness (QED) is 0.893. The van der Waals surface area contributed by atoms with Crippen molar-refractivity contribution in [2.24, 2.45) is 5.73 Å². The summed E-state index contributed by atoms with van der Waals surface area (Å²) in [5.41, 5.74) is 8.39. The second-order valence-corrected chi connectivity index (χ2v) is 5.19. The summed E-state index contributed by atoms with van der Waals surface area (Å²) in [6.45, 7) is 2.48. The largest absolute Gasteiger partial charge is 0.416 e. The highest BCUT2D eigenvalue weighted by atomic mass is 19.4. The van der Waals surface area contributed by atoms with E-state index in [9.17, 15) is 13.2 Å². The molecule has 0 aliphatic rings. The van der Waals surface area contributed by atoms with Crippen molar-refractivity contribution in [2.45, 2.75) is 25.4 Å². The molecule has 0 bridgehead atoms. The fourth-order valence-corrected chi connectivity index (χ4v) is 2.48. The molecule has 0 saturated heterocycles. The van der Waals surface area contributed by atoms with E-state index in [1.54, 1.807) is 0 Å². The van der Waals surface area contributed by atoms with Crippen LogP contribution in [0.25, 0.3) is 0 Å². The molecule has 4 heteroatoms. The summed E-state index contributed by atoms with van der Waals surface area (Å²) in [6, 6.07) is 13.3. The molecule has 0 heterocycles. The molecule has 0 aromatic heterocycles. The predicted octanol–water partition coefficient (Wildman–Crippen LogP) is 4.30. The summed E-state index contributed by atoms with van der Waals surface area (Å²) in [4.78, 5) is 0. The van der Waals surface area contributed by atoms with Crippen LogP contribution in [0.1, 0.15) is 28.2 Å². The van der Waals surface area contributed by atoms with Gasteiger partial charge in [-0.2, -0.15) is 13.2 Å². The van der Waals surface area contributed by atoms with Crippen LogP contribution in [0.3, 0.4) is 0 Å². The molecular weight excluding hydrogens is 275 g/mol. The van der Waals surface area contributed by atoms with Gasteiger partial charge in [0.15, 0.2) is 0 Å². The fourth-order valence-electron chi connectivity index (χ4n) is 2.48. The van der Waals surface area contributed by atoms with Gasteiger partial charge in [-0.15, -0.1) is 0 Å². The third kappa shape index (κ3) is 3.85. The highest BCUT2D eigenvalue weighted by Crippen LogP contribution is 2.30. The SMILES string of the molecule is Cc1ccccc1C(CN)Cc1ccc(C(F)(F)F)cc1. The fraction of sp³-hybridized carbons (Fsp3) is 0.294. The molecule has 2 aromatic carbocycles. The van der Waals surface area contributed by atoms with Gasteiger partial charge in [-0.1, -0.05) is 36.4 Å². The van der Waals surface area contributed by atoms with Gasteiger partial charge in [-0.25, -0.2) is 0 Å². The molecule has 0 aliphatic heterocycles. The molecule has 1 unspecified atom stereocenters. The smallest absolute Gasteiger partial charge is 0.330 e. The second kappa shape index (κ2) is 6.31. The van der Waals surface area contributed by atoms with Crippen LogP contribution in [0.4, 0.5) is 13.2 Å². The van der Waals surface area contributed by atoms with Crippen LogP contribution in [0.5, 0.6) is 0 Å². The third-order valence-electron chi connectivity index (χ3n) is 3.68. The van der Waals surface area contributed by atoms with Crippen LogP contribution in [-0.2, 0) is 12.6 Å². The zero-order valence-electron chi connectivity index (χ0n) is 11.8. The number of nitrogens with two attached hydrogens (primary N) is 1. The van der Waals surface area contributed by atoms with Crippen LogP contribution >= 0.6 is 0 Å². The molecule has 0 fully saturated rings. The Morgan fingerprint density at radius 1 is 1.00 bits per heavy atom. The summed E-state index contributed by atoms with van der Waals surface area (Å²) in [7, 11) is 0. The van der Waals surface area contributed by atoms with Crippen molar-refractivity contribution in [3.8, 4) is 0 Å². The van der Waals surface area contributed by atoms with E-state index in [1.165, 1.54) is 12.1 Å². The van der Waals surface area contributed by atoms with Crippen molar-refractivity contribution in [1.29, 1.82) is 0 Å². The molecule has 2 aromatic rings. The average molecular weight is 293 g/mol. The lowest BCUT2D eigenvalue weighted by molar-refractivity contribution is -0.137. The number of rotatable bonds is 4. The van der Waals surface area contributed by atoms with Gasteiger partial charge in [0.25, 0.3) is 0 Å². The van der Waals surface area contributed by atoms with E-state index >= 15 is 0 Å². The Kier molecular flexibility index (Phi) is 4.68. The van der Waals surface area contributed by atoms with Crippen LogP contribution < -0.4 is 5.73 Å². The molecule has 21 heavy (non-hydrogen) atoms. The zero-order chi connectivity index (χ0) is 15.5. The van der Waals surface area contributed by atoms with Gasteiger partial charge in [0, 0.05) is 5.92 Å². The van der Waals surface area contributed by atoms with Crippen LogP contribution in [-0.4, -0.2) is 6.54 Å². The molecule has 1 atom stereocenters. The first-order chi connectivity index (χ1) is 9.91. The lowest BCUT2D eigenvalue weighted by Crippen LogP contribution is -2.16. The minimum absolute atomic E-state index is 0.114. The Balaban J connectivity index is 2.18. The first kappa shape index (κ1) is 15.6. The predicted molar refractivity (Wildman–Crippen MR) is 78.1 cm³/mol. The first-order valence-corrected chi connectivity index (χ1v) is 6.83. The lowest BCUT2D eigenvalue weighted by atomic mass is 9.89. The van der Waals surface area contributed by atoms with E-state index in [1.807, 2.05) is 31.2 Å². The standard InChI is InChI=1S/C17H18F3N/c1-12-4-2-3-5-16(12)14(11-21)10-13-6-8-15(9-7-13)17(18,19)20/h2-9,14H,10-11,21H2,1H3. The molecule has 2 N–H and O–H groups in total. The van der Waals surface area contributed by atoms with Gasteiger partial charge < -0.3 is 5.73 Å². The van der Waals surface area contributed by atoms with Crippen molar-refractivity contribution >= 4 is 0 Å². The summed E-state index contributed by atoms with van der Waals surface area (Å²) in [6.07, 6.45) is -3.65. The third-order valence-corrected chi connectivity index (χ3v) is 3.68. The molecule has 112 valence electrons. The van der Waals surface area contributed by atoms with Crippen molar-refractivity contribution in [3.05, 3.63) is 70.8 Å². The lowest BCUT2D eigenvalue weighted by Gasteiger charge is -2.18. The number of halogens is 3. The molecule has 0 saturated carbocycles. The number of hydrogen-bond acceptors (Lipinski definition) is 1. The van der Waals surface area contributed by atoms with Gasteiger partial charge in [-0.3, -0.25) is 0 Å². The normalized spacial score (nSPS) is 13.2. The van der Waals surface area contributed by atoms with E-state index in [2.05, 4.69) is 0 Å². The van der Waals surface area contributed by atoms with Crippen LogP contribution in [0.2, 0.25) is 0 Å². The molecular formula is C17H18F3N. The Morgan fingerprint density at radius 2 is 1.62 bits per heavy atom. The van der Waals surface area contributed by atoms with Gasteiger partial charge in [-0.05, 0) is 48.7 Å². The Hall–Kier alpha value is -1.81. The zero-order valence-corrected chi connectivity index (χ0v) is 11.8. The Labute approximate surface area is 122 Å². The Bertz CT molecular complexity index is 588. The second-order valence-electron chi connectivity index (χ2n) is 5.19. The summed E-state index contributed by atoms with van der Waals surface area (Å²) >= 11 is 0. The highest BCUT2D eigenvalue weighted by molar-refractivity contribution is 5.32. The number of benzene rings is 2. The molecule has 0 spiro atoms. The van der Waals surface area contributed by atoms with Crippen molar-refractivity contribution in [2.75, 3.05) is 6.54 Å². The van der Waals surface area contributed by atoms with Crippen LogP contribution in [0.15, 0.2) is 48.5 Å². The van der Waals surface area contributed by atoms with E-state index in [0.29, 0.717) is 13.0 Å². The maximum Gasteiger partial charge on any atom is 0.416 e. The van der Waals surface area contributed by atoms with E-state index in [-0.39, 0.29) is 5.92 Å². The molecule has 0 aliphatic carbocycles. The molecule has 0 radical (unpaired) electrons. The number of aryl methyl sites for hydroxylation is 1. The monoisotopic (exact) mass is 293 g/mol. The minimum atomic E-state index is -4.29. The first-order valence-electron chi connectivity index (χ1n) is 6.83. The van der Waals surface area contributed by atoms with Crippen molar-refractivity contribution < 1.29 is 13.2 Å². The van der Waals surface area contributed by atoms with Crippen molar-refractivity contribution in [3.63, 3.8) is 0 Å². The molecule has 0 amide bonds. The van der Waals surface area contributed by atoms with Gasteiger partial charge >= 0.3 is 6.18 Å². The topological polar surface area (TPSA) is 26.0 Å². The van der Waals surface area contributed by atoms with Gasteiger partial charge in [0.05, 0.1) is 5.56 Å². The van der Waals surface area contributed by atoms with Gasteiger partial charge in [0.2, 0.25) is 0 Å². The van der Waals surface area contributed by atoms with E-state index in [0.717, 1.165) is 28.8 Å². The van der Waals surface area contributed by atoms with Crippen LogP contribution in [0, 0.1) is 6.92 Å². The molecule has 2 rings (SSSR count). The maximum atomic E-state index is 12.5. The summed E-state index contributed by atoms with van der Waals surface area (Å²) < 4.78 is 37.6. The number of alkyl halides is 3. The van der Waals surface area contributed by atoms with E-state index < -0.39 is 11.7 Å².